The van der Waals surface area contributed by atoms with Crippen LogP contribution in [-0.4, -0.2) is 0 Å². The van der Waals surface area contributed by atoms with Gasteiger partial charge in [0.1, 0.15) is 0 Å². The maximum absolute atomic E-state index is 5.91. The quantitative estimate of drug-likeness (QED) is 0.597. The molecule has 2 aromatic rings. The molecule has 0 spiro atoms. The van der Waals surface area contributed by atoms with E-state index in [-0.39, 0.29) is 24.8 Å². The van der Waals surface area contributed by atoms with Crippen LogP contribution in [0.25, 0.3) is 10.8 Å². The maximum atomic E-state index is 5.91. The first-order chi connectivity index (χ1) is 8.42. The summed E-state index contributed by atoms with van der Waals surface area (Å²) >= 11 is -0.452. The molecule has 96 valence electrons. The standard InChI is InChI=1S/C10H8O.C5H5.2ClH.Ti/c11-10-6-5-8-3-1-2-4-9(8)7-10;1-2-4-5-3-1;;;/h1-7,11H;1-3H,4H2;2*1H;/q;;;;+3/p-3. The summed E-state index contributed by atoms with van der Waals surface area (Å²) in [5.41, 5.74) is 0. The average molecular weight is 327 g/mol. The molecule has 1 aliphatic carbocycles. The molecule has 4 heteroatoms. The molecular formula is C15H12Cl2OTi. The molecule has 3 rings (SSSR count). The van der Waals surface area contributed by atoms with Crippen LogP contribution in [0.5, 0.6) is 5.75 Å². The van der Waals surface area contributed by atoms with Crippen molar-refractivity contribution in [2.24, 2.45) is 0 Å². The van der Waals surface area contributed by atoms with Crippen LogP contribution in [0, 0.1) is 0 Å². The van der Waals surface area contributed by atoms with E-state index in [4.69, 9.17) is 3.32 Å². The van der Waals surface area contributed by atoms with Gasteiger partial charge in [-0.3, -0.25) is 0 Å². The van der Waals surface area contributed by atoms with Crippen LogP contribution in [0.2, 0.25) is 0 Å². The average Bonchev–Trinajstić information content (AvgIpc) is 2.89. The summed E-state index contributed by atoms with van der Waals surface area (Å²) in [7, 11) is 0. The van der Waals surface area contributed by atoms with Crippen molar-refractivity contribution in [2.45, 2.75) is 6.42 Å². The molecule has 1 aliphatic rings. The van der Waals surface area contributed by atoms with Crippen molar-refractivity contribution in [3.8, 4) is 5.75 Å². The van der Waals surface area contributed by atoms with E-state index in [1.807, 2.05) is 0 Å². The van der Waals surface area contributed by atoms with Crippen LogP contribution in [0.1, 0.15) is 6.42 Å². The van der Waals surface area contributed by atoms with Gasteiger partial charge in [0, 0.05) is 0 Å². The third-order valence-corrected chi connectivity index (χ3v) is 4.31. The van der Waals surface area contributed by atoms with Crippen LogP contribution in [0.3, 0.4) is 0 Å². The minimum absolute atomic E-state index is 0. The van der Waals surface area contributed by atoms with E-state index in [0.717, 1.165) is 12.2 Å². The molecule has 0 atom stereocenters. The summed E-state index contributed by atoms with van der Waals surface area (Å²) in [5.74, 6) is 0.997. The Kier molecular flexibility index (Phi) is 6.67. The summed E-state index contributed by atoms with van der Waals surface area (Å²) in [5, 5.41) is 2.51. The normalized spacial score (nSPS) is 12.1. The van der Waals surface area contributed by atoms with Crippen LogP contribution in [0.4, 0.5) is 0 Å². The van der Waals surface area contributed by atoms with E-state index >= 15 is 0 Å². The molecule has 0 radical (unpaired) electrons. The molecule has 0 amide bonds. The molecule has 0 heterocycles. The van der Waals surface area contributed by atoms with Crippen molar-refractivity contribution in [2.75, 3.05) is 0 Å². The fourth-order valence-electron chi connectivity index (χ4n) is 1.88. The number of hydrogen-bond acceptors (Lipinski definition) is 1. The second kappa shape index (κ2) is 7.76. The van der Waals surface area contributed by atoms with Gasteiger partial charge in [0.2, 0.25) is 0 Å². The van der Waals surface area contributed by atoms with E-state index in [0.29, 0.717) is 0 Å². The van der Waals surface area contributed by atoms with Gasteiger partial charge < -0.3 is 24.8 Å². The van der Waals surface area contributed by atoms with Gasteiger partial charge in [0.05, 0.1) is 0 Å². The van der Waals surface area contributed by atoms with Crippen molar-refractivity contribution in [3.05, 3.63) is 64.6 Å². The first-order valence-corrected chi connectivity index (χ1v) is 7.11. The van der Waals surface area contributed by atoms with Gasteiger partial charge in [-0.1, -0.05) is 0 Å². The first kappa shape index (κ1) is 16.3. The molecule has 0 saturated carbocycles. The molecular weight excluding hydrogens is 315 g/mol. The Morgan fingerprint density at radius 2 is 1.74 bits per heavy atom. The van der Waals surface area contributed by atoms with Crippen LogP contribution >= 0.6 is 0 Å². The van der Waals surface area contributed by atoms with Gasteiger partial charge in [-0.2, -0.15) is 0 Å². The van der Waals surface area contributed by atoms with E-state index in [1.54, 1.807) is 0 Å². The maximum Gasteiger partial charge on any atom is -1.00 e. The molecule has 0 bridgehead atoms. The fourth-order valence-corrected chi connectivity index (χ4v) is 3.04. The van der Waals surface area contributed by atoms with Gasteiger partial charge in [-0.15, -0.1) is 0 Å². The van der Waals surface area contributed by atoms with Gasteiger partial charge in [-0.05, 0) is 0 Å². The molecule has 0 saturated heterocycles. The SMILES string of the molecule is C1=CC[C]([Ti+2][O]c2ccc3ccccc3c2)=C1.[Cl-].[Cl-]. The van der Waals surface area contributed by atoms with Crippen molar-refractivity contribution >= 4 is 10.8 Å². The Hall–Kier alpha value is -0.726. The minimum atomic E-state index is -0.452. The number of hydrogen-bond donors (Lipinski definition) is 0. The number of rotatable bonds is 3. The Bertz CT molecular complexity index is 608. The zero-order chi connectivity index (χ0) is 11.5. The Morgan fingerprint density at radius 1 is 0.947 bits per heavy atom. The zero-order valence-corrected chi connectivity index (χ0v) is 13.2. The smallest absolute Gasteiger partial charge is 1.00 e. The molecule has 0 aliphatic heterocycles. The first-order valence-electron chi connectivity index (χ1n) is 5.69. The van der Waals surface area contributed by atoms with Gasteiger partial charge in [0.25, 0.3) is 0 Å². The minimum Gasteiger partial charge on any atom is -1.00 e. The topological polar surface area (TPSA) is 9.23 Å². The second-order valence-corrected chi connectivity index (χ2v) is 5.68. The van der Waals surface area contributed by atoms with Crippen LogP contribution in [-0.2, 0) is 19.5 Å². The summed E-state index contributed by atoms with van der Waals surface area (Å²) in [6.45, 7) is 0. The predicted octanol–water partition coefficient (Wildman–Crippen LogP) is -1.93. The number of halogens is 2. The third kappa shape index (κ3) is 4.12. The van der Waals surface area contributed by atoms with Gasteiger partial charge in [-0.25, -0.2) is 0 Å². The van der Waals surface area contributed by atoms with Crippen molar-refractivity contribution in [1.82, 2.24) is 0 Å². The Labute approximate surface area is 135 Å². The van der Waals surface area contributed by atoms with Crippen molar-refractivity contribution in [3.63, 3.8) is 0 Å². The summed E-state index contributed by atoms with van der Waals surface area (Å²) in [6, 6.07) is 14.7. The van der Waals surface area contributed by atoms with Gasteiger partial charge >= 0.3 is 110 Å². The number of allylic oxidation sites excluding steroid dienone is 4. The van der Waals surface area contributed by atoms with E-state index in [9.17, 15) is 0 Å². The largest absolute Gasteiger partial charge is 1.00 e. The third-order valence-electron chi connectivity index (χ3n) is 2.79. The molecule has 0 aromatic heterocycles. The zero-order valence-electron chi connectivity index (χ0n) is 10.1. The van der Waals surface area contributed by atoms with Crippen LogP contribution < -0.4 is 28.1 Å². The summed E-state index contributed by atoms with van der Waals surface area (Å²) in [4.78, 5) is 0. The van der Waals surface area contributed by atoms with Crippen LogP contribution in [0.15, 0.2) is 64.6 Å². The Balaban J connectivity index is 0.000000902. The van der Waals surface area contributed by atoms with E-state index < -0.39 is 19.5 Å². The van der Waals surface area contributed by atoms with E-state index in [1.165, 1.54) is 14.7 Å². The monoisotopic (exact) mass is 326 g/mol. The summed E-state index contributed by atoms with van der Waals surface area (Å²) in [6.07, 6.45) is 7.56. The van der Waals surface area contributed by atoms with Crippen molar-refractivity contribution < 1.29 is 47.7 Å². The Morgan fingerprint density at radius 3 is 2.47 bits per heavy atom. The number of fused-ring (bicyclic) bond motifs is 1. The fraction of sp³-hybridized carbons (Fsp3) is 0.0667. The molecule has 0 N–H and O–H groups in total. The summed E-state index contributed by atoms with van der Waals surface area (Å²) < 4.78 is 7.37. The van der Waals surface area contributed by atoms with Gasteiger partial charge in [0.15, 0.2) is 0 Å². The molecule has 2 aromatic carbocycles. The predicted molar refractivity (Wildman–Crippen MR) is 66.4 cm³/mol. The number of benzene rings is 2. The molecule has 0 fully saturated rings. The molecule has 19 heavy (non-hydrogen) atoms. The molecule has 0 unspecified atom stereocenters. The molecule has 1 nitrogen and oxygen atoms in total. The second-order valence-electron chi connectivity index (χ2n) is 4.04. The van der Waals surface area contributed by atoms with Crippen molar-refractivity contribution in [1.29, 1.82) is 0 Å². The van der Waals surface area contributed by atoms with E-state index in [2.05, 4.69) is 60.7 Å².